The Morgan fingerprint density at radius 1 is 0.850 bits per heavy atom. The van der Waals surface area contributed by atoms with Gasteiger partial charge in [-0.05, 0) is 54.8 Å². The van der Waals surface area contributed by atoms with E-state index in [0.717, 1.165) is 47.6 Å². The van der Waals surface area contributed by atoms with E-state index in [1.165, 1.54) is 0 Å². The zero-order chi connectivity index (χ0) is 14.0. The molecule has 0 amide bonds. The third kappa shape index (κ3) is 2.73. The highest BCUT2D eigenvalue weighted by Gasteiger charge is 2.30. The summed E-state index contributed by atoms with van der Waals surface area (Å²) in [6.45, 7) is 1.74. The molecule has 0 bridgehead atoms. The van der Waals surface area contributed by atoms with E-state index in [0.29, 0.717) is 0 Å². The molecule has 0 spiro atoms. The summed E-state index contributed by atoms with van der Waals surface area (Å²) < 4.78 is 0. The largest absolute Gasteiger partial charge is 0.385 e. The van der Waals surface area contributed by atoms with Crippen LogP contribution in [0.4, 0.5) is 0 Å². The molecule has 0 aliphatic carbocycles. The first-order valence-corrected chi connectivity index (χ1v) is 7.35. The van der Waals surface area contributed by atoms with Crippen LogP contribution in [-0.2, 0) is 5.60 Å². The van der Waals surface area contributed by atoms with Gasteiger partial charge in [0.2, 0.25) is 0 Å². The third-order valence-corrected chi connectivity index (χ3v) is 4.28. The highest BCUT2D eigenvalue weighted by atomic mass is 35.5. The molecule has 2 aromatic carbocycles. The lowest BCUT2D eigenvalue weighted by Crippen LogP contribution is -2.39. The van der Waals surface area contributed by atoms with Gasteiger partial charge in [0, 0.05) is 5.02 Å². The molecule has 3 heteroatoms. The van der Waals surface area contributed by atoms with Crippen LogP contribution in [0.25, 0.3) is 11.1 Å². The molecule has 20 heavy (non-hydrogen) atoms. The molecule has 0 aromatic heterocycles. The van der Waals surface area contributed by atoms with E-state index in [1.807, 2.05) is 36.4 Å². The van der Waals surface area contributed by atoms with Gasteiger partial charge in [-0.15, -0.1) is 0 Å². The van der Waals surface area contributed by atoms with Gasteiger partial charge in [0.25, 0.3) is 0 Å². The van der Waals surface area contributed by atoms with E-state index in [2.05, 4.69) is 17.4 Å². The predicted octanol–water partition coefficient (Wildman–Crippen LogP) is 3.58. The maximum Gasteiger partial charge on any atom is 0.0920 e. The van der Waals surface area contributed by atoms with E-state index in [1.54, 1.807) is 0 Å². The van der Waals surface area contributed by atoms with Gasteiger partial charge in [-0.3, -0.25) is 0 Å². The van der Waals surface area contributed by atoms with Gasteiger partial charge in [-0.2, -0.15) is 0 Å². The normalized spacial score (nSPS) is 17.9. The first kappa shape index (κ1) is 13.6. The molecule has 1 aliphatic heterocycles. The van der Waals surface area contributed by atoms with Gasteiger partial charge in [0.05, 0.1) is 5.60 Å². The first-order valence-electron chi connectivity index (χ1n) is 6.97. The molecule has 104 valence electrons. The van der Waals surface area contributed by atoms with E-state index < -0.39 is 5.60 Å². The second-order valence-corrected chi connectivity index (χ2v) is 5.80. The second kappa shape index (κ2) is 5.57. The minimum Gasteiger partial charge on any atom is -0.385 e. The zero-order valence-electron chi connectivity index (χ0n) is 11.3. The Morgan fingerprint density at radius 3 is 1.90 bits per heavy atom. The lowest BCUT2D eigenvalue weighted by Gasteiger charge is -2.33. The molecule has 1 fully saturated rings. The summed E-state index contributed by atoms with van der Waals surface area (Å²) in [5, 5.41) is 14.7. The smallest absolute Gasteiger partial charge is 0.0920 e. The molecule has 1 saturated heterocycles. The molecule has 3 rings (SSSR count). The summed E-state index contributed by atoms with van der Waals surface area (Å²) in [5.74, 6) is 0. The Morgan fingerprint density at radius 2 is 1.35 bits per heavy atom. The third-order valence-electron chi connectivity index (χ3n) is 4.03. The second-order valence-electron chi connectivity index (χ2n) is 5.37. The molecule has 0 saturated carbocycles. The molecule has 0 atom stereocenters. The first-order chi connectivity index (χ1) is 9.67. The molecule has 2 N–H and O–H groups in total. The van der Waals surface area contributed by atoms with Gasteiger partial charge in [0.1, 0.15) is 0 Å². The summed E-state index contributed by atoms with van der Waals surface area (Å²) in [5.41, 5.74) is 2.61. The predicted molar refractivity (Wildman–Crippen MR) is 82.9 cm³/mol. The fraction of sp³-hybridized carbons (Fsp3) is 0.294. The number of hydrogen-bond donors (Lipinski definition) is 2. The Labute approximate surface area is 124 Å². The number of nitrogens with one attached hydrogen (secondary N) is 1. The van der Waals surface area contributed by atoms with Crippen molar-refractivity contribution in [2.24, 2.45) is 0 Å². The number of halogens is 1. The fourth-order valence-electron chi connectivity index (χ4n) is 2.74. The topological polar surface area (TPSA) is 32.3 Å². The van der Waals surface area contributed by atoms with Crippen molar-refractivity contribution < 1.29 is 5.11 Å². The summed E-state index contributed by atoms with van der Waals surface area (Å²) in [6.07, 6.45) is 1.54. The van der Waals surface area contributed by atoms with Crippen molar-refractivity contribution in [2.45, 2.75) is 18.4 Å². The van der Waals surface area contributed by atoms with Crippen molar-refractivity contribution in [3.05, 3.63) is 59.1 Å². The van der Waals surface area contributed by atoms with E-state index >= 15 is 0 Å². The number of piperidine rings is 1. The van der Waals surface area contributed by atoms with Crippen LogP contribution in [0, 0.1) is 0 Å². The Hall–Kier alpha value is -1.35. The van der Waals surface area contributed by atoms with E-state index in [9.17, 15) is 5.11 Å². The van der Waals surface area contributed by atoms with Crippen molar-refractivity contribution in [1.82, 2.24) is 5.32 Å². The van der Waals surface area contributed by atoms with Crippen LogP contribution < -0.4 is 5.32 Å². The molecule has 1 heterocycles. The average molecular weight is 288 g/mol. The van der Waals surface area contributed by atoms with Crippen molar-refractivity contribution in [3.63, 3.8) is 0 Å². The quantitative estimate of drug-likeness (QED) is 0.885. The molecule has 2 aromatic rings. The molecular weight excluding hydrogens is 270 g/mol. The number of rotatable bonds is 2. The number of aliphatic hydroxyl groups is 1. The number of benzene rings is 2. The van der Waals surface area contributed by atoms with Gasteiger partial charge in [-0.1, -0.05) is 48.0 Å². The standard InChI is InChI=1S/C17H18ClNO/c18-16-7-3-14(4-8-16)13-1-5-15(6-2-13)17(20)9-11-19-12-10-17/h1-8,19-20H,9-12H2. The Balaban J connectivity index is 1.85. The number of hydrogen-bond acceptors (Lipinski definition) is 2. The molecule has 2 nitrogen and oxygen atoms in total. The van der Waals surface area contributed by atoms with Crippen LogP contribution in [0.3, 0.4) is 0 Å². The van der Waals surface area contributed by atoms with Crippen LogP contribution in [0.15, 0.2) is 48.5 Å². The van der Waals surface area contributed by atoms with Crippen molar-refractivity contribution in [2.75, 3.05) is 13.1 Å². The monoisotopic (exact) mass is 287 g/mol. The SMILES string of the molecule is OC1(c2ccc(-c3ccc(Cl)cc3)cc2)CCNCC1. The molecular formula is C17H18ClNO. The van der Waals surface area contributed by atoms with Crippen molar-refractivity contribution in [1.29, 1.82) is 0 Å². The summed E-state index contributed by atoms with van der Waals surface area (Å²) in [6, 6.07) is 16.0. The summed E-state index contributed by atoms with van der Waals surface area (Å²) >= 11 is 5.91. The van der Waals surface area contributed by atoms with Gasteiger partial charge in [0.15, 0.2) is 0 Å². The Kier molecular flexibility index (Phi) is 3.79. The van der Waals surface area contributed by atoms with E-state index in [4.69, 9.17) is 11.6 Å². The van der Waals surface area contributed by atoms with Crippen molar-refractivity contribution >= 4 is 11.6 Å². The zero-order valence-corrected chi connectivity index (χ0v) is 12.0. The lowest BCUT2D eigenvalue weighted by molar-refractivity contribution is 0.00595. The minimum absolute atomic E-state index is 0.677. The highest BCUT2D eigenvalue weighted by Crippen LogP contribution is 2.32. The molecule has 0 unspecified atom stereocenters. The summed E-state index contributed by atoms with van der Waals surface area (Å²) in [7, 11) is 0. The summed E-state index contributed by atoms with van der Waals surface area (Å²) in [4.78, 5) is 0. The average Bonchev–Trinajstić information content (AvgIpc) is 2.49. The maximum absolute atomic E-state index is 10.7. The maximum atomic E-state index is 10.7. The van der Waals surface area contributed by atoms with Crippen LogP contribution in [-0.4, -0.2) is 18.2 Å². The van der Waals surface area contributed by atoms with E-state index in [-0.39, 0.29) is 0 Å². The van der Waals surface area contributed by atoms with Crippen LogP contribution in [0.2, 0.25) is 5.02 Å². The lowest BCUT2D eigenvalue weighted by atomic mass is 9.84. The van der Waals surface area contributed by atoms with Gasteiger partial charge < -0.3 is 10.4 Å². The Bertz CT molecular complexity index is 571. The van der Waals surface area contributed by atoms with Crippen LogP contribution >= 0.6 is 11.6 Å². The van der Waals surface area contributed by atoms with Crippen LogP contribution in [0.1, 0.15) is 18.4 Å². The van der Waals surface area contributed by atoms with Gasteiger partial charge in [-0.25, -0.2) is 0 Å². The molecule has 1 aliphatic rings. The van der Waals surface area contributed by atoms with Crippen molar-refractivity contribution in [3.8, 4) is 11.1 Å². The highest BCUT2D eigenvalue weighted by molar-refractivity contribution is 6.30. The fourth-order valence-corrected chi connectivity index (χ4v) is 2.87. The molecule has 0 radical (unpaired) electrons. The van der Waals surface area contributed by atoms with Crippen LogP contribution in [0.5, 0.6) is 0 Å². The van der Waals surface area contributed by atoms with Gasteiger partial charge >= 0.3 is 0 Å². The minimum atomic E-state index is -0.677.